The molecule has 6 heteroatoms. The third-order valence-electron chi connectivity index (χ3n) is 2.96. The molecule has 1 aliphatic rings. The predicted molar refractivity (Wildman–Crippen MR) is 92.3 cm³/mol. The average molecular weight is 335 g/mol. The molecule has 0 fully saturated rings. The minimum atomic E-state index is -0.582. The summed E-state index contributed by atoms with van der Waals surface area (Å²) < 4.78 is 5.96. The van der Waals surface area contributed by atoms with Crippen molar-refractivity contribution in [1.82, 2.24) is 0 Å². The normalized spacial score (nSPS) is 14.5. The summed E-state index contributed by atoms with van der Waals surface area (Å²) in [7, 11) is 0. The van der Waals surface area contributed by atoms with E-state index in [1.54, 1.807) is 12.1 Å². The third-order valence-corrected chi connectivity index (χ3v) is 5.09. The molecular formula is C16H17NO3S2. The summed E-state index contributed by atoms with van der Waals surface area (Å²) in [6, 6.07) is 9.04. The molecule has 0 saturated heterocycles. The topological polar surface area (TPSA) is 55.4 Å². The lowest BCUT2D eigenvalue weighted by atomic mass is 10.2. The molecule has 22 heavy (non-hydrogen) atoms. The maximum Gasteiger partial charge on any atom is 0.345 e. The first-order chi connectivity index (χ1) is 10.6. The Morgan fingerprint density at radius 1 is 1.18 bits per heavy atom. The second kappa shape index (κ2) is 8.10. The van der Waals surface area contributed by atoms with Crippen molar-refractivity contribution < 1.29 is 14.3 Å². The maximum atomic E-state index is 12.5. The van der Waals surface area contributed by atoms with Gasteiger partial charge in [-0.3, -0.25) is 4.79 Å². The lowest BCUT2D eigenvalue weighted by Gasteiger charge is -2.14. The molecule has 1 aromatic carbocycles. The highest BCUT2D eigenvalue weighted by molar-refractivity contribution is 8.27. The van der Waals surface area contributed by atoms with Crippen molar-refractivity contribution in [1.29, 1.82) is 0 Å². The molecule has 1 aromatic rings. The summed E-state index contributed by atoms with van der Waals surface area (Å²) in [6.45, 7) is 3.73. The van der Waals surface area contributed by atoms with Crippen LogP contribution in [0.25, 0.3) is 0 Å². The molecule has 0 saturated carbocycles. The highest BCUT2D eigenvalue weighted by atomic mass is 32.2. The first-order valence-electron chi connectivity index (χ1n) is 6.91. The van der Waals surface area contributed by atoms with Crippen LogP contribution in [-0.2, 0) is 14.3 Å². The lowest BCUT2D eigenvalue weighted by Crippen LogP contribution is -2.25. The van der Waals surface area contributed by atoms with Gasteiger partial charge in [-0.25, -0.2) is 4.79 Å². The lowest BCUT2D eigenvalue weighted by molar-refractivity contribution is -0.144. The van der Waals surface area contributed by atoms with Crippen molar-refractivity contribution in [3.63, 3.8) is 0 Å². The number of carbonyl (C=O) groups is 2. The van der Waals surface area contributed by atoms with E-state index in [4.69, 9.17) is 4.74 Å². The third kappa shape index (κ3) is 4.42. The van der Waals surface area contributed by atoms with E-state index in [1.165, 1.54) is 23.5 Å². The summed E-state index contributed by atoms with van der Waals surface area (Å²) in [5.41, 5.74) is 0.701. The summed E-state index contributed by atoms with van der Waals surface area (Å²) in [6.07, 6.45) is 0.477. The van der Waals surface area contributed by atoms with Gasteiger partial charge in [0, 0.05) is 5.69 Å². The number of anilines is 1. The summed E-state index contributed by atoms with van der Waals surface area (Å²) >= 11 is 2.71. The number of esters is 1. The minimum Gasteiger partial charge on any atom is -0.459 e. The largest absolute Gasteiger partial charge is 0.459 e. The van der Waals surface area contributed by atoms with Gasteiger partial charge in [0.25, 0.3) is 5.91 Å². The molecule has 4 nitrogen and oxygen atoms in total. The van der Waals surface area contributed by atoms with E-state index in [-0.39, 0.29) is 11.7 Å². The number of ether oxygens (including phenoxy) is 1. The highest BCUT2D eigenvalue weighted by Crippen LogP contribution is 2.40. The Hall–Kier alpha value is -1.66. The Balaban J connectivity index is 2.20. The number of rotatable bonds is 5. The van der Waals surface area contributed by atoms with Crippen LogP contribution in [0.1, 0.15) is 20.3 Å². The molecule has 0 radical (unpaired) electrons. The fourth-order valence-electron chi connectivity index (χ4n) is 1.63. The molecule has 1 N–H and O–H groups in total. The Bertz CT molecular complexity index is 601. The molecule has 1 unspecified atom stereocenters. The second-order valence-electron chi connectivity index (χ2n) is 4.61. The predicted octanol–water partition coefficient (Wildman–Crippen LogP) is 4.13. The van der Waals surface area contributed by atoms with Crippen LogP contribution in [0.3, 0.4) is 0 Å². The second-order valence-corrected chi connectivity index (χ2v) is 6.71. The molecule has 0 aromatic heterocycles. The van der Waals surface area contributed by atoms with E-state index in [2.05, 4.69) is 5.32 Å². The Kier molecular flexibility index (Phi) is 6.15. The standard InChI is InChI=1S/C16H17NO3S2/c1-3-11(2)20-15(19)13(16-21-9-10-22-16)14(18)17-12-7-5-4-6-8-12/h4-11H,3H2,1-2H3,(H,17,18). The maximum absolute atomic E-state index is 12.5. The van der Waals surface area contributed by atoms with Crippen LogP contribution in [0, 0.1) is 0 Å². The molecule has 0 spiro atoms. The van der Waals surface area contributed by atoms with Crippen molar-refractivity contribution in [3.05, 3.63) is 51.0 Å². The molecule has 116 valence electrons. The summed E-state index contributed by atoms with van der Waals surface area (Å²) in [5, 5.41) is 6.42. The molecule has 0 bridgehead atoms. The molecular weight excluding hydrogens is 318 g/mol. The summed E-state index contributed by atoms with van der Waals surface area (Å²) in [4.78, 5) is 24.8. The number of hydrogen-bond donors (Lipinski definition) is 1. The van der Waals surface area contributed by atoms with Crippen molar-refractivity contribution >= 4 is 41.1 Å². The molecule has 1 atom stereocenters. The van der Waals surface area contributed by atoms with E-state index in [0.717, 1.165) is 0 Å². The van der Waals surface area contributed by atoms with Gasteiger partial charge < -0.3 is 10.1 Å². The van der Waals surface area contributed by atoms with Crippen LogP contribution in [0.2, 0.25) is 0 Å². The SMILES string of the molecule is CCC(C)OC(=O)C(C(=O)Nc1ccccc1)=C1SC=CS1. The number of carbonyl (C=O) groups excluding carboxylic acids is 2. The van der Waals surface area contributed by atoms with Crippen molar-refractivity contribution in [3.8, 4) is 0 Å². The van der Waals surface area contributed by atoms with Gasteiger partial charge in [-0.1, -0.05) is 48.6 Å². The zero-order chi connectivity index (χ0) is 15.9. The fourth-order valence-corrected chi connectivity index (χ4v) is 3.47. The molecule has 1 heterocycles. The van der Waals surface area contributed by atoms with Gasteiger partial charge in [-0.2, -0.15) is 0 Å². The van der Waals surface area contributed by atoms with Crippen LogP contribution in [0.5, 0.6) is 0 Å². The van der Waals surface area contributed by atoms with E-state index in [0.29, 0.717) is 16.3 Å². The van der Waals surface area contributed by atoms with Gasteiger partial charge >= 0.3 is 5.97 Å². The summed E-state index contributed by atoms with van der Waals surface area (Å²) in [5.74, 6) is -1.03. The van der Waals surface area contributed by atoms with Crippen LogP contribution in [-0.4, -0.2) is 18.0 Å². The quantitative estimate of drug-likeness (QED) is 0.379. The number of para-hydroxylation sites is 1. The van der Waals surface area contributed by atoms with Gasteiger partial charge in [0.05, 0.1) is 10.3 Å². The first-order valence-corrected chi connectivity index (χ1v) is 8.67. The number of hydrogen-bond acceptors (Lipinski definition) is 5. The van der Waals surface area contributed by atoms with E-state index >= 15 is 0 Å². The van der Waals surface area contributed by atoms with Crippen molar-refractivity contribution in [2.24, 2.45) is 0 Å². The fraction of sp³-hybridized carbons (Fsp3) is 0.250. The smallest absolute Gasteiger partial charge is 0.345 e. The average Bonchev–Trinajstić information content (AvgIpc) is 3.02. The Morgan fingerprint density at radius 3 is 2.41 bits per heavy atom. The van der Waals surface area contributed by atoms with Gasteiger partial charge in [0.1, 0.15) is 5.57 Å². The van der Waals surface area contributed by atoms with Crippen LogP contribution in [0.15, 0.2) is 51.0 Å². The van der Waals surface area contributed by atoms with Crippen LogP contribution in [0.4, 0.5) is 5.69 Å². The van der Waals surface area contributed by atoms with Gasteiger partial charge in [-0.05, 0) is 36.3 Å². The number of amides is 1. The first kappa shape index (κ1) is 16.7. The molecule has 0 aliphatic carbocycles. The monoisotopic (exact) mass is 335 g/mol. The minimum absolute atomic E-state index is 0.0594. The number of nitrogens with one attached hydrogen (secondary N) is 1. The van der Waals surface area contributed by atoms with Crippen LogP contribution >= 0.6 is 23.5 Å². The Labute approximate surface area is 138 Å². The number of benzene rings is 1. The highest BCUT2D eigenvalue weighted by Gasteiger charge is 2.27. The molecule has 1 aliphatic heterocycles. The van der Waals surface area contributed by atoms with Crippen molar-refractivity contribution in [2.45, 2.75) is 26.4 Å². The zero-order valence-electron chi connectivity index (χ0n) is 12.4. The van der Waals surface area contributed by atoms with E-state index in [9.17, 15) is 9.59 Å². The molecule has 1 amide bonds. The van der Waals surface area contributed by atoms with Gasteiger partial charge in [0.2, 0.25) is 0 Å². The van der Waals surface area contributed by atoms with E-state index in [1.807, 2.05) is 42.9 Å². The number of thioether (sulfide) groups is 2. The van der Waals surface area contributed by atoms with Crippen molar-refractivity contribution in [2.75, 3.05) is 5.32 Å². The van der Waals surface area contributed by atoms with Crippen LogP contribution < -0.4 is 5.32 Å². The van der Waals surface area contributed by atoms with Gasteiger partial charge in [-0.15, -0.1) is 0 Å². The zero-order valence-corrected chi connectivity index (χ0v) is 14.0. The van der Waals surface area contributed by atoms with E-state index < -0.39 is 11.9 Å². The Morgan fingerprint density at radius 2 is 1.82 bits per heavy atom. The van der Waals surface area contributed by atoms with Gasteiger partial charge in [0.15, 0.2) is 0 Å². The molecule has 2 rings (SSSR count).